The number of hydrogen-bond acceptors (Lipinski definition) is 2. The van der Waals surface area contributed by atoms with Crippen LogP contribution < -0.4 is 5.56 Å². The second-order valence-electron chi connectivity index (χ2n) is 2.35. The topological polar surface area (TPSA) is 22.0 Å². The summed E-state index contributed by atoms with van der Waals surface area (Å²) in [5.41, 5.74) is 0.0290. The van der Waals surface area contributed by atoms with E-state index in [1.807, 2.05) is 18.2 Å². The van der Waals surface area contributed by atoms with Gasteiger partial charge in [0.25, 0.3) is 5.56 Å². The van der Waals surface area contributed by atoms with Gasteiger partial charge in [-0.25, -0.2) is 0 Å². The van der Waals surface area contributed by atoms with Crippen LogP contribution in [0.25, 0.3) is 0 Å². The molecule has 0 saturated heterocycles. The molecule has 0 bridgehead atoms. The lowest BCUT2D eigenvalue weighted by atomic mass is 10.4. The molecule has 0 amide bonds. The zero-order valence-corrected chi connectivity index (χ0v) is 7.58. The average Bonchev–Trinajstić information content (AvgIpc) is 2.09. The Kier molecular flexibility index (Phi) is 3.67. The zero-order chi connectivity index (χ0) is 8.81. The quantitative estimate of drug-likeness (QED) is 0.551. The fraction of sp³-hybridized carbons (Fsp3) is 0.222. The maximum absolute atomic E-state index is 11.1. The molecule has 0 aromatic carbocycles. The lowest BCUT2D eigenvalue weighted by Gasteiger charge is -1.98. The van der Waals surface area contributed by atoms with E-state index in [1.54, 1.807) is 22.9 Å². The Balaban J connectivity index is 2.70. The lowest BCUT2D eigenvalue weighted by Crippen LogP contribution is -2.16. The molecule has 0 saturated carbocycles. The van der Waals surface area contributed by atoms with E-state index in [4.69, 9.17) is 0 Å². The minimum Gasteiger partial charge on any atom is -0.312 e. The van der Waals surface area contributed by atoms with E-state index < -0.39 is 0 Å². The van der Waals surface area contributed by atoms with Crippen molar-refractivity contribution in [2.75, 3.05) is 5.75 Å². The van der Waals surface area contributed by atoms with Crippen molar-refractivity contribution < 1.29 is 0 Å². The first-order valence-corrected chi connectivity index (χ1v) is 4.39. The number of thiol groups is 1. The van der Waals surface area contributed by atoms with Gasteiger partial charge >= 0.3 is 0 Å². The lowest BCUT2D eigenvalue weighted by molar-refractivity contribution is 0.778. The molecular formula is C9H11NOS. The predicted molar refractivity (Wildman–Crippen MR) is 53.7 cm³/mol. The van der Waals surface area contributed by atoms with E-state index in [2.05, 4.69) is 12.6 Å². The van der Waals surface area contributed by atoms with Crippen LogP contribution in [0.4, 0.5) is 0 Å². The molecule has 0 aliphatic rings. The summed E-state index contributed by atoms with van der Waals surface area (Å²) in [5.74, 6) is 0.710. The van der Waals surface area contributed by atoms with Crippen LogP contribution in [0.15, 0.2) is 41.3 Å². The number of aromatic nitrogens is 1. The maximum atomic E-state index is 11.1. The number of allylic oxidation sites excluding steroid dienone is 1. The molecule has 0 spiro atoms. The van der Waals surface area contributed by atoms with Gasteiger partial charge in [0.1, 0.15) is 0 Å². The van der Waals surface area contributed by atoms with Crippen molar-refractivity contribution in [3.63, 3.8) is 0 Å². The van der Waals surface area contributed by atoms with Gasteiger partial charge in [0.2, 0.25) is 0 Å². The van der Waals surface area contributed by atoms with Crippen LogP contribution >= 0.6 is 12.6 Å². The molecule has 0 atom stereocenters. The van der Waals surface area contributed by atoms with Gasteiger partial charge in [0.05, 0.1) is 0 Å². The van der Waals surface area contributed by atoms with Gasteiger partial charge in [-0.3, -0.25) is 4.79 Å². The highest BCUT2D eigenvalue weighted by molar-refractivity contribution is 7.80. The normalized spacial score (nSPS) is 10.8. The van der Waals surface area contributed by atoms with Crippen molar-refractivity contribution in [1.82, 2.24) is 4.57 Å². The summed E-state index contributed by atoms with van der Waals surface area (Å²) in [6, 6.07) is 5.13. The molecule has 1 rings (SSSR count). The van der Waals surface area contributed by atoms with Gasteiger partial charge in [-0.1, -0.05) is 18.2 Å². The van der Waals surface area contributed by atoms with Crippen LogP contribution in [0, 0.1) is 0 Å². The van der Waals surface area contributed by atoms with E-state index >= 15 is 0 Å². The summed E-state index contributed by atoms with van der Waals surface area (Å²) < 4.78 is 1.64. The molecular weight excluding hydrogens is 170 g/mol. The van der Waals surface area contributed by atoms with Crippen LogP contribution in [-0.4, -0.2) is 10.3 Å². The van der Waals surface area contributed by atoms with E-state index in [0.29, 0.717) is 12.3 Å². The fourth-order valence-electron chi connectivity index (χ4n) is 0.874. The number of nitrogens with zero attached hydrogens (tertiary/aromatic N) is 1. The van der Waals surface area contributed by atoms with Crippen molar-refractivity contribution in [3.8, 4) is 0 Å². The van der Waals surface area contributed by atoms with Crippen LogP contribution in [0.5, 0.6) is 0 Å². The zero-order valence-electron chi connectivity index (χ0n) is 6.68. The first kappa shape index (κ1) is 9.13. The summed E-state index contributed by atoms with van der Waals surface area (Å²) in [6.45, 7) is 0.625. The Morgan fingerprint density at radius 1 is 1.42 bits per heavy atom. The summed E-state index contributed by atoms with van der Waals surface area (Å²) in [4.78, 5) is 11.1. The molecule has 0 radical (unpaired) electrons. The van der Waals surface area contributed by atoms with E-state index in [9.17, 15) is 4.79 Å². The predicted octanol–water partition coefficient (Wildman–Crippen LogP) is 1.33. The Bertz CT molecular complexity index is 316. The van der Waals surface area contributed by atoms with Crippen LogP contribution in [0.3, 0.4) is 0 Å². The van der Waals surface area contributed by atoms with Crippen molar-refractivity contribution in [2.24, 2.45) is 0 Å². The Morgan fingerprint density at radius 3 is 2.92 bits per heavy atom. The van der Waals surface area contributed by atoms with Gasteiger partial charge in [-0.05, 0) is 6.07 Å². The molecule has 12 heavy (non-hydrogen) atoms. The summed E-state index contributed by atoms with van der Waals surface area (Å²) in [5, 5.41) is 0. The highest BCUT2D eigenvalue weighted by Gasteiger charge is 1.87. The molecule has 2 nitrogen and oxygen atoms in total. The van der Waals surface area contributed by atoms with Gasteiger partial charge in [-0.15, -0.1) is 0 Å². The van der Waals surface area contributed by atoms with Gasteiger partial charge in [0.15, 0.2) is 0 Å². The SMILES string of the molecule is O=c1ccccn1CC=CCS. The van der Waals surface area contributed by atoms with E-state index in [1.165, 1.54) is 0 Å². The third-order valence-electron chi connectivity index (χ3n) is 1.47. The van der Waals surface area contributed by atoms with Gasteiger partial charge in [-0.2, -0.15) is 12.6 Å². The summed E-state index contributed by atoms with van der Waals surface area (Å²) >= 11 is 4.02. The van der Waals surface area contributed by atoms with Crippen molar-refractivity contribution in [2.45, 2.75) is 6.54 Å². The Labute approximate surface area is 76.9 Å². The van der Waals surface area contributed by atoms with E-state index in [0.717, 1.165) is 0 Å². The highest BCUT2D eigenvalue weighted by atomic mass is 32.1. The minimum atomic E-state index is 0.0290. The number of hydrogen-bond donors (Lipinski definition) is 1. The smallest absolute Gasteiger partial charge is 0.250 e. The van der Waals surface area contributed by atoms with Gasteiger partial charge in [0, 0.05) is 24.6 Å². The molecule has 0 unspecified atom stereocenters. The molecule has 3 heteroatoms. The molecule has 1 aromatic heterocycles. The van der Waals surface area contributed by atoms with Crippen molar-refractivity contribution in [3.05, 3.63) is 46.9 Å². The van der Waals surface area contributed by atoms with Crippen LogP contribution in [0.2, 0.25) is 0 Å². The summed E-state index contributed by atoms with van der Waals surface area (Å²) in [7, 11) is 0. The van der Waals surface area contributed by atoms with Gasteiger partial charge < -0.3 is 4.57 Å². The highest BCUT2D eigenvalue weighted by Crippen LogP contribution is 1.84. The molecule has 1 heterocycles. The molecule has 1 aromatic rings. The second kappa shape index (κ2) is 4.83. The summed E-state index contributed by atoms with van der Waals surface area (Å²) in [6.07, 6.45) is 5.61. The largest absolute Gasteiger partial charge is 0.312 e. The van der Waals surface area contributed by atoms with Crippen molar-refractivity contribution in [1.29, 1.82) is 0 Å². The average molecular weight is 181 g/mol. The first-order valence-electron chi connectivity index (χ1n) is 3.76. The molecule has 0 aliphatic heterocycles. The third kappa shape index (κ3) is 2.58. The molecule has 0 aliphatic carbocycles. The Morgan fingerprint density at radius 2 is 2.25 bits per heavy atom. The third-order valence-corrected chi connectivity index (χ3v) is 1.68. The number of rotatable bonds is 3. The molecule has 0 N–H and O–H groups in total. The maximum Gasteiger partial charge on any atom is 0.250 e. The number of pyridine rings is 1. The molecule has 0 fully saturated rings. The van der Waals surface area contributed by atoms with Crippen LogP contribution in [-0.2, 0) is 6.54 Å². The first-order chi connectivity index (χ1) is 5.84. The second-order valence-corrected chi connectivity index (χ2v) is 2.71. The standard InChI is InChI=1S/C9H11NOS/c11-9-5-1-2-6-10(9)7-3-4-8-12/h1-6,12H,7-8H2. The monoisotopic (exact) mass is 181 g/mol. The minimum absolute atomic E-state index is 0.0290. The molecule has 64 valence electrons. The fourth-order valence-corrected chi connectivity index (χ4v) is 1.02. The Hall–Kier alpha value is -0.960. The van der Waals surface area contributed by atoms with E-state index in [-0.39, 0.29) is 5.56 Å². The van der Waals surface area contributed by atoms with Crippen LogP contribution in [0.1, 0.15) is 0 Å². The van der Waals surface area contributed by atoms with Crippen molar-refractivity contribution >= 4 is 12.6 Å².